The summed E-state index contributed by atoms with van der Waals surface area (Å²) in [5.41, 5.74) is 5.23. The highest BCUT2D eigenvalue weighted by atomic mass is 32.1. The van der Waals surface area contributed by atoms with E-state index in [1.807, 2.05) is 6.20 Å². The van der Waals surface area contributed by atoms with E-state index in [1.165, 1.54) is 5.56 Å². The molecule has 1 aliphatic carbocycles. The quantitative estimate of drug-likeness (QED) is 0.771. The Labute approximate surface area is 155 Å². The molecule has 5 nitrogen and oxygen atoms in total. The number of fused-ring (bicyclic) bond motifs is 1. The van der Waals surface area contributed by atoms with Gasteiger partial charge >= 0.3 is 0 Å². The molecule has 1 saturated carbocycles. The first kappa shape index (κ1) is 15.9. The normalized spacial score (nSPS) is 17.2. The number of pyridine rings is 1. The van der Waals surface area contributed by atoms with Crippen LogP contribution in [0.2, 0.25) is 0 Å². The molecule has 1 aliphatic heterocycles. The van der Waals surface area contributed by atoms with Gasteiger partial charge in [0.1, 0.15) is 5.82 Å². The molecular weight excluding hydrogens is 344 g/mol. The lowest BCUT2D eigenvalue weighted by atomic mass is 10.1. The molecule has 1 fully saturated rings. The van der Waals surface area contributed by atoms with Gasteiger partial charge < -0.3 is 4.98 Å². The number of hydrogen-bond donors (Lipinski definition) is 1. The second-order valence-corrected chi connectivity index (χ2v) is 7.96. The van der Waals surface area contributed by atoms with Gasteiger partial charge in [-0.15, -0.1) is 0 Å². The summed E-state index contributed by atoms with van der Waals surface area (Å²) in [6, 6.07) is 6.29. The third-order valence-corrected chi connectivity index (χ3v) is 5.86. The van der Waals surface area contributed by atoms with Crippen LogP contribution in [-0.4, -0.2) is 26.4 Å². The van der Waals surface area contributed by atoms with E-state index in [0.29, 0.717) is 12.5 Å². The maximum Gasteiger partial charge on any atom is 0.255 e. The summed E-state index contributed by atoms with van der Waals surface area (Å²) in [6.45, 7) is 2.40. The van der Waals surface area contributed by atoms with Crippen LogP contribution in [0.3, 0.4) is 0 Å². The van der Waals surface area contributed by atoms with Crippen molar-refractivity contribution in [3.8, 4) is 11.3 Å². The van der Waals surface area contributed by atoms with Gasteiger partial charge in [-0.2, -0.15) is 11.3 Å². The molecule has 3 aromatic rings. The minimum Gasteiger partial charge on any atom is -0.310 e. The summed E-state index contributed by atoms with van der Waals surface area (Å²) in [5.74, 6) is 1.38. The fourth-order valence-electron chi connectivity index (χ4n) is 3.54. The van der Waals surface area contributed by atoms with Crippen molar-refractivity contribution in [2.24, 2.45) is 0 Å². The molecule has 0 amide bonds. The number of aromatic nitrogens is 3. The Morgan fingerprint density at radius 3 is 2.92 bits per heavy atom. The first-order chi connectivity index (χ1) is 12.8. The summed E-state index contributed by atoms with van der Waals surface area (Å²) in [6.07, 6.45) is 5.10. The van der Waals surface area contributed by atoms with E-state index in [1.54, 1.807) is 11.3 Å². The average Bonchev–Trinajstić information content (AvgIpc) is 3.37. The van der Waals surface area contributed by atoms with Crippen LogP contribution in [0.1, 0.15) is 41.4 Å². The van der Waals surface area contributed by atoms with Crippen molar-refractivity contribution in [1.29, 1.82) is 0 Å². The molecule has 0 bridgehead atoms. The van der Waals surface area contributed by atoms with Crippen LogP contribution in [0.25, 0.3) is 11.3 Å². The number of thiophene rings is 1. The second kappa shape index (κ2) is 6.45. The Morgan fingerprint density at radius 2 is 2.19 bits per heavy atom. The van der Waals surface area contributed by atoms with Crippen molar-refractivity contribution < 1.29 is 0 Å². The molecule has 5 rings (SSSR count). The Morgan fingerprint density at radius 1 is 1.27 bits per heavy atom. The standard InChI is InChI=1S/C20H20N4OS/c25-20-16-11-24(7-5-18(16)22-19(23-20)14-2-3-14)10-13-1-4-17(21-9-13)15-6-8-26-12-15/h1,4,6,8-9,12,14H,2-3,5,7,10-11H2,(H,22,23,25). The molecule has 4 heterocycles. The maximum absolute atomic E-state index is 12.5. The zero-order chi connectivity index (χ0) is 17.5. The summed E-state index contributed by atoms with van der Waals surface area (Å²) in [4.78, 5) is 27.1. The van der Waals surface area contributed by atoms with Gasteiger partial charge in [0, 0.05) is 49.1 Å². The van der Waals surface area contributed by atoms with Crippen molar-refractivity contribution in [2.45, 2.75) is 38.3 Å². The maximum atomic E-state index is 12.5. The molecule has 0 radical (unpaired) electrons. The molecule has 1 N–H and O–H groups in total. The highest BCUT2D eigenvalue weighted by Crippen LogP contribution is 2.37. The van der Waals surface area contributed by atoms with Crippen molar-refractivity contribution in [1.82, 2.24) is 19.9 Å². The van der Waals surface area contributed by atoms with Crippen LogP contribution in [-0.2, 0) is 19.5 Å². The minimum atomic E-state index is 0.0486. The van der Waals surface area contributed by atoms with Gasteiger partial charge in [0.05, 0.1) is 17.0 Å². The van der Waals surface area contributed by atoms with Gasteiger partial charge in [0.2, 0.25) is 0 Å². The molecule has 3 aromatic heterocycles. The lowest BCUT2D eigenvalue weighted by Crippen LogP contribution is -2.35. The van der Waals surface area contributed by atoms with Gasteiger partial charge in [-0.3, -0.25) is 14.7 Å². The lowest BCUT2D eigenvalue weighted by Gasteiger charge is -2.27. The molecular formula is C20H20N4OS. The van der Waals surface area contributed by atoms with E-state index in [2.05, 4.69) is 43.8 Å². The highest BCUT2D eigenvalue weighted by molar-refractivity contribution is 7.08. The largest absolute Gasteiger partial charge is 0.310 e. The smallest absolute Gasteiger partial charge is 0.255 e. The monoisotopic (exact) mass is 364 g/mol. The van der Waals surface area contributed by atoms with Gasteiger partial charge in [-0.1, -0.05) is 6.07 Å². The number of nitrogens with zero attached hydrogens (tertiary/aromatic N) is 3. The zero-order valence-electron chi connectivity index (χ0n) is 14.4. The number of hydrogen-bond acceptors (Lipinski definition) is 5. The van der Waals surface area contributed by atoms with E-state index >= 15 is 0 Å². The predicted octanol–water partition coefficient (Wildman–Crippen LogP) is 3.33. The highest BCUT2D eigenvalue weighted by Gasteiger charge is 2.29. The molecule has 0 aromatic carbocycles. The fourth-order valence-corrected chi connectivity index (χ4v) is 4.19. The van der Waals surface area contributed by atoms with Gasteiger partial charge in [-0.05, 0) is 35.9 Å². The summed E-state index contributed by atoms with van der Waals surface area (Å²) in [5, 5.41) is 4.18. The van der Waals surface area contributed by atoms with Gasteiger partial charge in [0.25, 0.3) is 5.56 Å². The Balaban J connectivity index is 1.31. The van der Waals surface area contributed by atoms with E-state index in [-0.39, 0.29) is 5.56 Å². The van der Waals surface area contributed by atoms with E-state index in [0.717, 1.165) is 60.7 Å². The van der Waals surface area contributed by atoms with Gasteiger partial charge in [-0.25, -0.2) is 4.98 Å². The topological polar surface area (TPSA) is 61.9 Å². The van der Waals surface area contributed by atoms with Crippen LogP contribution in [0.5, 0.6) is 0 Å². The first-order valence-corrected chi connectivity index (χ1v) is 10.0. The van der Waals surface area contributed by atoms with Crippen LogP contribution < -0.4 is 5.56 Å². The summed E-state index contributed by atoms with van der Waals surface area (Å²) >= 11 is 1.68. The van der Waals surface area contributed by atoms with Gasteiger partial charge in [0.15, 0.2) is 0 Å². The molecule has 0 saturated heterocycles. The molecule has 6 heteroatoms. The Hall–Kier alpha value is -2.31. The predicted molar refractivity (Wildman–Crippen MR) is 102 cm³/mol. The number of aromatic amines is 1. The molecule has 2 aliphatic rings. The number of H-pyrrole nitrogens is 1. The van der Waals surface area contributed by atoms with Crippen molar-refractivity contribution >= 4 is 11.3 Å². The van der Waals surface area contributed by atoms with Crippen LogP contribution in [0, 0.1) is 0 Å². The average molecular weight is 364 g/mol. The third-order valence-electron chi connectivity index (χ3n) is 5.18. The van der Waals surface area contributed by atoms with Crippen LogP contribution >= 0.6 is 11.3 Å². The van der Waals surface area contributed by atoms with Crippen molar-refractivity contribution in [3.63, 3.8) is 0 Å². The van der Waals surface area contributed by atoms with Crippen molar-refractivity contribution in [3.05, 3.63) is 68.2 Å². The molecule has 0 atom stereocenters. The SMILES string of the molecule is O=c1[nH]c(C2CC2)nc2c1CN(Cc1ccc(-c3ccsc3)nc1)CC2. The molecule has 0 unspecified atom stereocenters. The Kier molecular flexibility index (Phi) is 3.94. The minimum absolute atomic E-state index is 0.0486. The van der Waals surface area contributed by atoms with E-state index in [4.69, 9.17) is 4.98 Å². The number of rotatable bonds is 4. The van der Waals surface area contributed by atoms with E-state index in [9.17, 15) is 4.79 Å². The number of nitrogens with one attached hydrogen (secondary N) is 1. The van der Waals surface area contributed by atoms with Crippen LogP contribution in [0.15, 0.2) is 40.0 Å². The molecule has 132 valence electrons. The zero-order valence-corrected chi connectivity index (χ0v) is 15.3. The third kappa shape index (κ3) is 3.10. The summed E-state index contributed by atoms with van der Waals surface area (Å²) < 4.78 is 0. The van der Waals surface area contributed by atoms with E-state index < -0.39 is 0 Å². The summed E-state index contributed by atoms with van der Waals surface area (Å²) in [7, 11) is 0. The first-order valence-electron chi connectivity index (χ1n) is 9.08. The van der Waals surface area contributed by atoms with Crippen LogP contribution in [0.4, 0.5) is 0 Å². The molecule has 26 heavy (non-hydrogen) atoms. The lowest BCUT2D eigenvalue weighted by molar-refractivity contribution is 0.241. The van der Waals surface area contributed by atoms with Crippen molar-refractivity contribution in [2.75, 3.05) is 6.54 Å². The Bertz CT molecular complexity index is 974. The fraction of sp³-hybridized carbons (Fsp3) is 0.350. The second-order valence-electron chi connectivity index (χ2n) is 7.18. The molecule has 0 spiro atoms.